The second-order valence-corrected chi connectivity index (χ2v) is 8.95. The Morgan fingerprint density at radius 3 is 2.72 bits per heavy atom. The summed E-state index contributed by atoms with van der Waals surface area (Å²) >= 11 is 0. The maximum absolute atomic E-state index is 12.5. The average molecular weight is 393 g/mol. The third-order valence-electron chi connectivity index (χ3n) is 7.07. The first-order valence-electron chi connectivity index (χ1n) is 11.4. The minimum Gasteiger partial charge on any atom is -0.306 e. The van der Waals surface area contributed by atoms with E-state index in [2.05, 4.69) is 39.0 Å². The molecule has 0 unspecified atom stereocenters. The number of hydrogen-bond donors (Lipinski definition) is 1. The van der Waals surface area contributed by atoms with Crippen molar-refractivity contribution in [2.45, 2.75) is 64.0 Å². The standard InChI is InChI=1S/C24H32N4O/c29-24-21-11-5-12-22(21)25-23(26-24)20-10-4-1-7-18(20)17-27-13-6-14-28(16-15-27)19-8-2-3-9-19/h1,4,7,10,19H,2-3,5-6,8-9,11-17H2,(H,25,26,29). The molecular weight excluding hydrogens is 360 g/mol. The summed E-state index contributed by atoms with van der Waals surface area (Å²) < 4.78 is 0. The first-order chi connectivity index (χ1) is 14.3. The molecule has 2 heterocycles. The molecule has 0 amide bonds. The number of aromatic amines is 1. The fourth-order valence-corrected chi connectivity index (χ4v) is 5.48. The number of rotatable bonds is 4. The smallest absolute Gasteiger partial charge is 0.254 e. The molecule has 5 nitrogen and oxygen atoms in total. The van der Waals surface area contributed by atoms with Gasteiger partial charge in [0.05, 0.1) is 5.69 Å². The third-order valence-corrected chi connectivity index (χ3v) is 7.07. The fraction of sp³-hybridized carbons (Fsp3) is 0.583. The lowest BCUT2D eigenvalue weighted by Crippen LogP contribution is -2.36. The summed E-state index contributed by atoms with van der Waals surface area (Å²) in [7, 11) is 0. The Morgan fingerprint density at radius 1 is 0.966 bits per heavy atom. The van der Waals surface area contributed by atoms with Crippen molar-refractivity contribution in [2.75, 3.05) is 26.2 Å². The molecule has 2 aliphatic carbocycles. The van der Waals surface area contributed by atoms with Gasteiger partial charge in [0.15, 0.2) is 0 Å². The van der Waals surface area contributed by atoms with Crippen molar-refractivity contribution in [1.29, 1.82) is 0 Å². The molecule has 1 saturated carbocycles. The highest BCUT2D eigenvalue weighted by molar-refractivity contribution is 5.60. The van der Waals surface area contributed by atoms with Gasteiger partial charge in [-0.15, -0.1) is 0 Å². The highest BCUT2D eigenvalue weighted by atomic mass is 16.1. The van der Waals surface area contributed by atoms with Crippen LogP contribution in [0, 0.1) is 0 Å². The van der Waals surface area contributed by atoms with Crippen LogP contribution in [0.15, 0.2) is 29.1 Å². The molecule has 1 aliphatic heterocycles. The van der Waals surface area contributed by atoms with Gasteiger partial charge in [0, 0.05) is 36.8 Å². The lowest BCUT2D eigenvalue weighted by Gasteiger charge is -2.27. The van der Waals surface area contributed by atoms with Crippen molar-refractivity contribution in [1.82, 2.24) is 19.8 Å². The number of fused-ring (bicyclic) bond motifs is 1. The van der Waals surface area contributed by atoms with E-state index >= 15 is 0 Å². The molecule has 3 aliphatic rings. The number of nitrogens with zero attached hydrogens (tertiary/aromatic N) is 3. The van der Waals surface area contributed by atoms with Gasteiger partial charge in [-0.25, -0.2) is 4.98 Å². The molecule has 1 saturated heterocycles. The molecule has 1 aromatic carbocycles. The van der Waals surface area contributed by atoms with Gasteiger partial charge in [-0.2, -0.15) is 0 Å². The van der Waals surface area contributed by atoms with Gasteiger partial charge in [0.1, 0.15) is 5.82 Å². The van der Waals surface area contributed by atoms with Crippen molar-refractivity contribution < 1.29 is 0 Å². The molecule has 2 fully saturated rings. The van der Waals surface area contributed by atoms with Gasteiger partial charge in [0.25, 0.3) is 5.56 Å². The van der Waals surface area contributed by atoms with E-state index in [1.54, 1.807) is 0 Å². The number of H-pyrrole nitrogens is 1. The van der Waals surface area contributed by atoms with E-state index in [1.165, 1.54) is 50.8 Å². The summed E-state index contributed by atoms with van der Waals surface area (Å²) in [6, 6.07) is 9.28. The predicted molar refractivity (Wildman–Crippen MR) is 116 cm³/mol. The Labute approximate surface area is 173 Å². The maximum atomic E-state index is 12.5. The molecule has 0 bridgehead atoms. The van der Waals surface area contributed by atoms with Crippen LogP contribution < -0.4 is 5.56 Å². The lowest BCUT2D eigenvalue weighted by molar-refractivity contribution is 0.198. The first kappa shape index (κ1) is 19.0. The summed E-state index contributed by atoms with van der Waals surface area (Å²) in [6.07, 6.45) is 9.67. The van der Waals surface area contributed by atoms with Gasteiger partial charge < -0.3 is 4.98 Å². The van der Waals surface area contributed by atoms with Crippen LogP contribution in [0.25, 0.3) is 11.4 Å². The molecule has 2 aromatic rings. The van der Waals surface area contributed by atoms with Crippen LogP contribution in [0.4, 0.5) is 0 Å². The summed E-state index contributed by atoms with van der Waals surface area (Å²) in [4.78, 5) is 25.7. The number of hydrogen-bond acceptors (Lipinski definition) is 4. The van der Waals surface area contributed by atoms with Gasteiger partial charge in [-0.3, -0.25) is 14.6 Å². The van der Waals surface area contributed by atoms with Crippen molar-refractivity contribution >= 4 is 0 Å². The molecule has 0 radical (unpaired) electrons. The highest BCUT2D eigenvalue weighted by Gasteiger charge is 2.25. The van der Waals surface area contributed by atoms with Crippen LogP contribution in [0.2, 0.25) is 0 Å². The van der Waals surface area contributed by atoms with E-state index in [4.69, 9.17) is 4.98 Å². The zero-order valence-electron chi connectivity index (χ0n) is 17.3. The number of nitrogens with one attached hydrogen (secondary N) is 1. The van der Waals surface area contributed by atoms with Gasteiger partial charge in [-0.05, 0) is 57.2 Å². The summed E-state index contributed by atoms with van der Waals surface area (Å²) in [5.74, 6) is 0.744. The molecule has 1 N–H and O–H groups in total. The molecule has 0 atom stereocenters. The van der Waals surface area contributed by atoms with Crippen molar-refractivity contribution in [3.05, 3.63) is 51.4 Å². The van der Waals surface area contributed by atoms with Gasteiger partial charge in [-0.1, -0.05) is 37.1 Å². The van der Waals surface area contributed by atoms with Crippen LogP contribution in [0.1, 0.15) is 55.3 Å². The van der Waals surface area contributed by atoms with Crippen LogP contribution in [-0.4, -0.2) is 52.0 Å². The quantitative estimate of drug-likeness (QED) is 0.867. The molecule has 1 aromatic heterocycles. The fourth-order valence-electron chi connectivity index (χ4n) is 5.48. The van der Waals surface area contributed by atoms with Crippen molar-refractivity contribution in [2.24, 2.45) is 0 Å². The maximum Gasteiger partial charge on any atom is 0.254 e. The predicted octanol–water partition coefficient (Wildman–Crippen LogP) is 3.38. The molecule has 154 valence electrons. The number of benzene rings is 1. The van der Waals surface area contributed by atoms with E-state index in [0.717, 1.165) is 67.6 Å². The Balaban J connectivity index is 1.34. The third kappa shape index (κ3) is 4.03. The van der Waals surface area contributed by atoms with E-state index in [9.17, 15) is 4.79 Å². The minimum absolute atomic E-state index is 0.0549. The Kier molecular flexibility index (Phi) is 5.51. The summed E-state index contributed by atoms with van der Waals surface area (Å²) in [5.41, 5.74) is 4.30. The summed E-state index contributed by atoms with van der Waals surface area (Å²) in [6.45, 7) is 5.61. The van der Waals surface area contributed by atoms with E-state index in [1.807, 2.05) is 0 Å². The van der Waals surface area contributed by atoms with Crippen molar-refractivity contribution in [3.8, 4) is 11.4 Å². The molecular formula is C24H32N4O. The van der Waals surface area contributed by atoms with Crippen LogP contribution in [0.3, 0.4) is 0 Å². The Morgan fingerprint density at radius 2 is 1.83 bits per heavy atom. The van der Waals surface area contributed by atoms with E-state index in [0.29, 0.717) is 0 Å². The van der Waals surface area contributed by atoms with Crippen molar-refractivity contribution in [3.63, 3.8) is 0 Å². The first-order valence-corrected chi connectivity index (χ1v) is 11.4. The number of aryl methyl sites for hydroxylation is 1. The molecule has 5 rings (SSSR count). The normalized spacial score (nSPS) is 21.4. The monoisotopic (exact) mass is 392 g/mol. The van der Waals surface area contributed by atoms with Crippen LogP contribution >= 0.6 is 0 Å². The van der Waals surface area contributed by atoms with Gasteiger partial charge >= 0.3 is 0 Å². The second kappa shape index (κ2) is 8.41. The molecule has 5 heteroatoms. The summed E-state index contributed by atoms with van der Waals surface area (Å²) in [5, 5.41) is 0. The van der Waals surface area contributed by atoms with Gasteiger partial charge in [0.2, 0.25) is 0 Å². The number of aromatic nitrogens is 2. The highest BCUT2D eigenvalue weighted by Crippen LogP contribution is 2.26. The zero-order chi connectivity index (χ0) is 19.6. The van der Waals surface area contributed by atoms with E-state index in [-0.39, 0.29) is 5.56 Å². The average Bonchev–Trinajstić information content (AvgIpc) is 3.38. The van der Waals surface area contributed by atoms with Crippen LogP contribution in [-0.2, 0) is 19.4 Å². The van der Waals surface area contributed by atoms with E-state index < -0.39 is 0 Å². The Hall–Kier alpha value is -1.98. The largest absolute Gasteiger partial charge is 0.306 e. The lowest BCUT2D eigenvalue weighted by atomic mass is 10.1. The second-order valence-electron chi connectivity index (χ2n) is 8.95. The zero-order valence-corrected chi connectivity index (χ0v) is 17.3. The Bertz CT molecular complexity index is 915. The molecule has 0 spiro atoms. The topological polar surface area (TPSA) is 52.2 Å². The SMILES string of the molecule is O=c1[nH]c(-c2ccccc2CN2CCCN(C3CCCC3)CC2)nc2c1CCC2. The molecule has 29 heavy (non-hydrogen) atoms. The van der Waals surface area contributed by atoms with Crippen LogP contribution in [0.5, 0.6) is 0 Å². The minimum atomic E-state index is 0.0549.